The van der Waals surface area contributed by atoms with Crippen molar-refractivity contribution in [2.24, 2.45) is 10.8 Å². The molecule has 0 fully saturated rings. The smallest absolute Gasteiger partial charge is 0.210 e. The second-order valence-electron chi connectivity index (χ2n) is 4.80. The second kappa shape index (κ2) is 5.35. The number of nitrogens with zero attached hydrogens (tertiary/aromatic N) is 1. The van der Waals surface area contributed by atoms with E-state index >= 15 is 0 Å². The molecule has 0 unspecified atom stereocenters. The third kappa shape index (κ3) is 2.26. The van der Waals surface area contributed by atoms with E-state index in [2.05, 4.69) is 58.2 Å². The summed E-state index contributed by atoms with van der Waals surface area (Å²) in [5.74, 6) is 6.03. The van der Waals surface area contributed by atoms with Crippen LogP contribution >= 0.6 is 0 Å². The number of fused-ring (bicyclic) bond motifs is 3. The quantitative estimate of drug-likeness (QED) is 0.289. The molecule has 0 radical (unpaired) electrons. The zero-order valence-corrected chi connectivity index (χ0v) is 11.5. The summed E-state index contributed by atoms with van der Waals surface area (Å²) in [4.78, 5) is 4.24. The van der Waals surface area contributed by atoms with Gasteiger partial charge in [-0.25, -0.2) is 5.84 Å². The zero-order chi connectivity index (χ0) is 13.9. The highest BCUT2D eigenvalue weighted by Crippen LogP contribution is 2.37. The van der Waals surface area contributed by atoms with E-state index in [1.165, 1.54) is 22.3 Å². The van der Waals surface area contributed by atoms with Crippen LogP contribution in [0.4, 0.5) is 5.69 Å². The van der Waals surface area contributed by atoms with Gasteiger partial charge in [0.15, 0.2) is 0 Å². The first-order valence-electron chi connectivity index (χ1n) is 6.81. The van der Waals surface area contributed by atoms with Crippen LogP contribution in [0.2, 0.25) is 0 Å². The van der Waals surface area contributed by atoms with Gasteiger partial charge in [0.25, 0.3) is 0 Å². The minimum Gasteiger partial charge on any atom is -0.325 e. The molecule has 1 aliphatic rings. The Balaban J connectivity index is 1.89. The number of guanidine groups is 1. The Morgan fingerprint density at radius 2 is 1.95 bits per heavy atom. The topological polar surface area (TPSA) is 62.4 Å². The Kier molecular flexibility index (Phi) is 3.39. The maximum absolute atomic E-state index is 5.45. The number of benzene rings is 2. The lowest BCUT2D eigenvalue weighted by Crippen LogP contribution is -2.36. The third-order valence-corrected chi connectivity index (χ3v) is 3.51. The van der Waals surface area contributed by atoms with Gasteiger partial charge in [0, 0.05) is 12.2 Å². The van der Waals surface area contributed by atoms with Crippen molar-refractivity contribution in [1.29, 1.82) is 0 Å². The van der Waals surface area contributed by atoms with Gasteiger partial charge in [0.05, 0.1) is 0 Å². The Morgan fingerprint density at radius 3 is 2.75 bits per heavy atom. The number of aliphatic imine (C=N–C) groups is 1. The molecular formula is C16H18N4. The van der Waals surface area contributed by atoms with E-state index in [0.717, 1.165) is 12.1 Å². The van der Waals surface area contributed by atoms with Gasteiger partial charge in [0.1, 0.15) is 0 Å². The Labute approximate surface area is 118 Å². The number of hydrazine groups is 1. The maximum atomic E-state index is 5.45. The van der Waals surface area contributed by atoms with Gasteiger partial charge in [0.2, 0.25) is 5.96 Å². The molecular weight excluding hydrogens is 248 g/mol. The van der Waals surface area contributed by atoms with Crippen molar-refractivity contribution in [2.75, 3.05) is 11.9 Å². The van der Waals surface area contributed by atoms with Gasteiger partial charge in [-0.15, -0.1) is 0 Å². The highest BCUT2D eigenvalue weighted by atomic mass is 15.3. The minimum atomic E-state index is 0.586. The Morgan fingerprint density at radius 1 is 1.15 bits per heavy atom. The monoisotopic (exact) mass is 266 g/mol. The standard InChI is InChI=1S/C16H18N4/c1-2-18-16(20-17)19-13-7-8-15-12(10-13)9-11-5-3-4-6-14(11)15/h3-8,10H,2,9,17H2,1H3,(H2,18,19,20). The summed E-state index contributed by atoms with van der Waals surface area (Å²) in [6.45, 7) is 2.65. The fourth-order valence-corrected chi connectivity index (χ4v) is 2.64. The third-order valence-electron chi connectivity index (χ3n) is 3.51. The lowest BCUT2D eigenvalue weighted by molar-refractivity contribution is 0.986. The number of nitrogens with two attached hydrogens (primary N) is 1. The highest BCUT2D eigenvalue weighted by molar-refractivity contribution is 5.94. The Bertz CT molecular complexity index is 661. The molecule has 102 valence electrons. The number of hydrogen-bond acceptors (Lipinski definition) is 2. The minimum absolute atomic E-state index is 0.586. The maximum Gasteiger partial charge on any atom is 0.210 e. The largest absolute Gasteiger partial charge is 0.325 e. The predicted octanol–water partition coefficient (Wildman–Crippen LogP) is 2.51. The van der Waals surface area contributed by atoms with Crippen molar-refractivity contribution >= 4 is 11.6 Å². The SMILES string of the molecule is CCN=C(NN)Nc1ccc2c(c1)Cc1ccccc1-2. The first-order valence-corrected chi connectivity index (χ1v) is 6.81. The molecule has 0 saturated carbocycles. The van der Waals surface area contributed by atoms with Crippen molar-refractivity contribution in [3.05, 3.63) is 53.6 Å². The summed E-state index contributed by atoms with van der Waals surface area (Å²) in [5.41, 5.74) is 8.96. The van der Waals surface area contributed by atoms with Crippen LogP contribution in [0.25, 0.3) is 11.1 Å². The summed E-state index contributed by atoms with van der Waals surface area (Å²) in [6.07, 6.45) is 0.983. The van der Waals surface area contributed by atoms with Gasteiger partial charge < -0.3 is 5.32 Å². The summed E-state index contributed by atoms with van der Waals surface area (Å²) in [5, 5.41) is 3.20. The van der Waals surface area contributed by atoms with Gasteiger partial charge in [-0.2, -0.15) is 0 Å². The fourth-order valence-electron chi connectivity index (χ4n) is 2.64. The average Bonchev–Trinajstić information content (AvgIpc) is 2.84. The molecule has 20 heavy (non-hydrogen) atoms. The molecule has 0 amide bonds. The van der Waals surface area contributed by atoms with Crippen LogP contribution in [0.15, 0.2) is 47.5 Å². The summed E-state index contributed by atoms with van der Waals surface area (Å²) < 4.78 is 0. The van der Waals surface area contributed by atoms with Crippen molar-refractivity contribution in [3.63, 3.8) is 0 Å². The van der Waals surface area contributed by atoms with E-state index in [4.69, 9.17) is 5.84 Å². The van der Waals surface area contributed by atoms with E-state index in [-0.39, 0.29) is 0 Å². The molecule has 4 heteroatoms. The van der Waals surface area contributed by atoms with E-state index in [0.29, 0.717) is 12.5 Å². The molecule has 4 nitrogen and oxygen atoms in total. The first kappa shape index (κ1) is 12.7. The van der Waals surface area contributed by atoms with Crippen LogP contribution < -0.4 is 16.6 Å². The van der Waals surface area contributed by atoms with Crippen molar-refractivity contribution < 1.29 is 0 Å². The van der Waals surface area contributed by atoms with Crippen LogP contribution in [0.1, 0.15) is 18.1 Å². The number of anilines is 1. The number of nitrogens with one attached hydrogen (secondary N) is 2. The molecule has 0 spiro atoms. The first-order chi connectivity index (χ1) is 9.81. The van der Waals surface area contributed by atoms with Crippen LogP contribution in [-0.4, -0.2) is 12.5 Å². The second-order valence-corrected chi connectivity index (χ2v) is 4.80. The van der Waals surface area contributed by atoms with Crippen molar-refractivity contribution in [1.82, 2.24) is 5.43 Å². The lowest BCUT2D eigenvalue weighted by Gasteiger charge is -2.10. The predicted molar refractivity (Wildman–Crippen MR) is 83.6 cm³/mol. The van der Waals surface area contributed by atoms with E-state index < -0.39 is 0 Å². The van der Waals surface area contributed by atoms with Gasteiger partial charge in [-0.05, 0) is 47.7 Å². The van der Waals surface area contributed by atoms with Crippen LogP contribution in [0.3, 0.4) is 0 Å². The highest BCUT2D eigenvalue weighted by Gasteiger charge is 2.17. The Hall–Kier alpha value is -2.33. The van der Waals surface area contributed by atoms with Crippen molar-refractivity contribution in [3.8, 4) is 11.1 Å². The van der Waals surface area contributed by atoms with E-state index in [1.54, 1.807) is 0 Å². The van der Waals surface area contributed by atoms with Crippen LogP contribution in [0.5, 0.6) is 0 Å². The van der Waals surface area contributed by atoms with Crippen LogP contribution in [0, 0.1) is 0 Å². The number of rotatable bonds is 2. The van der Waals surface area contributed by atoms with E-state index in [1.807, 2.05) is 6.92 Å². The molecule has 2 aromatic rings. The molecule has 2 aromatic carbocycles. The van der Waals surface area contributed by atoms with Gasteiger partial charge in [-0.1, -0.05) is 30.3 Å². The average molecular weight is 266 g/mol. The summed E-state index contributed by atoms with van der Waals surface area (Å²) >= 11 is 0. The summed E-state index contributed by atoms with van der Waals surface area (Å²) in [7, 11) is 0. The van der Waals surface area contributed by atoms with Crippen molar-refractivity contribution in [2.45, 2.75) is 13.3 Å². The van der Waals surface area contributed by atoms with Gasteiger partial charge in [-0.3, -0.25) is 10.4 Å². The molecule has 0 aromatic heterocycles. The summed E-state index contributed by atoms with van der Waals surface area (Å²) in [6, 6.07) is 14.9. The molecule has 1 aliphatic carbocycles. The molecule has 0 bridgehead atoms. The fraction of sp³-hybridized carbons (Fsp3) is 0.188. The zero-order valence-electron chi connectivity index (χ0n) is 11.5. The molecule has 3 rings (SSSR count). The van der Waals surface area contributed by atoms with E-state index in [9.17, 15) is 0 Å². The molecule has 0 heterocycles. The number of hydrogen-bond donors (Lipinski definition) is 3. The molecule has 0 atom stereocenters. The normalized spacial score (nSPS) is 12.8. The molecule has 0 aliphatic heterocycles. The molecule has 4 N–H and O–H groups in total. The van der Waals surface area contributed by atoms with Crippen LogP contribution in [-0.2, 0) is 6.42 Å². The molecule has 0 saturated heterocycles. The lowest BCUT2D eigenvalue weighted by atomic mass is 10.1. The van der Waals surface area contributed by atoms with Gasteiger partial charge >= 0.3 is 0 Å².